The molecule has 0 aromatic rings. The van der Waals surface area contributed by atoms with Crippen molar-refractivity contribution in [3.63, 3.8) is 0 Å². The van der Waals surface area contributed by atoms with E-state index in [1.165, 1.54) is 11.8 Å². The molecule has 82 valence electrons. The van der Waals surface area contributed by atoms with Crippen molar-refractivity contribution < 1.29 is 9.59 Å². The number of nitrogens with zero attached hydrogens (tertiary/aromatic N) is 1. The Bertz CT molecular complexity index is 212. The minimum Gasteiger partial charge on any atom is -0.347 e. The minimum absolute atomic E-state index is 0.0473. The largest absolute Gasteiger partial charge is 0.347 e. The van der Waals surface area contributed by atoms with Crippen molar-refractivity contribution in [3.05, 3.63) is 0 Å². The summed E-state index contributed by atoms with van der Waals surface area (Å²) < 4.78 is 0. The van der Waals surface area contributed by atoms with Crippen molar-refractivity contribution in [2.24, 2.45) is 5.92 Å². The summed E-state index contributed by atoms with van der Waals surface area (Å²) in [7, 11) is 3.38. The first kappa shape index (κ1) is 12.9. The van der Waals surface area contributed by atoms with E-state index in [1.807, 2.05) is 13.8 Å². The number of carbonyl (C=O) groups is 2. The average molecular weight is 200 g/mol. The molecule has 0 saturated carbocycles. The third-order valence-electron chi connectivity index (χ3n) is 1.82. The molecule has 0 saturated heterocycles. The van der Waals surface area contributed by atoms with E-state index in [1.54, 1.807) is 14.1 Å². The fourth-order valence-electron chi connectivity index (χ4n) is 1.25. The molecular weight excluding hydrogens is 180 g/mol. The Morgan fingerprint density at radius 3 is 2.07 bits per heavy atom. The lowest BCUT2D eigenvalue weighted by Crippen LogP contribution is -2.46. The standard InChI is InChI=1S/C10H20N2O2/c1-7(2)6-9(11-8(3)13)10(14)12(4)5/h7,9H,6H2,1-5H3,(H,11,13). The van der Waals surface area contributed by atoms with Crippen molar-refractivity contribution in [3.8, 4) is 0 Å². The van der Waals surface area contributed by atoms with E-state index >= 15 is 0 Å². The van der Waals surface area contributed by atoms with Gasteiger partial charge < -0.3 is 10.2 Å². The third kappa shape index (κ3) is 4.84. The predicted octanol–water partition coefficient (Wildman–Crippen LogP) is 0.625. The van der Waals surface area contributed by atoms with E-state index in [2.05, 4.69) is 5.32 Å². The molecule has 0 aliphatic heterocycles. The van der Waals surface area contributed by atoms with Gasteiger partial charge in [-0.3, -0.25) is 9.59 Å². The molecule has 0 radical (unpaired) electrons. The van der Waals surface area contributed by atoms with Crippen LogP contribution < -0.4 is 5.32 Å². The Kier molecular flexibility index (Phi) is 5.20. The molecule has 1 atom stereocenters. The number of carbonyl (C=O) groups excluding carboxylic acids is 2. The number of hydrogen-bond donors (Lipinski definition) is 1. The molecule has 0 aliphatic carbocycles. The normalized spacial score (nSPS) is 12.4. The molecule has 0 aromatic carbocycles. The van der Waals surface area contributed by atoms with Crippen LogP contribution in [0.3, 0.4) is 0 Å². The van der Waals surface area contributed by atoms with Gasteiger partial charge in [0.2, 0.25) is 11.8 Å². The molecule has 4 heteroatoms. The third-order valence-corrected chi connectivity index (χ3v) is 1.82. The van der Waals surface area contributed by atoms with Crippen LogP contribution in [0.1, 0.15) is 27.2 Å². The molecule has 0 rings (SSSR count). The molecule has 0 bridgehead atoms. The Balaban J connectivity index is 4.38. The van der Waals surface area contributed by atoms with E-state index in [4.69, 9.17) is 0 Å². The molecule has 0 aliphatic rings. The first-order chi connectivity index (χ1) is 6.34. The van der Waals surface area contributed by atoms with Crippen molar-refractivity contribution >= 4 is 11.8 Å². The Labute approximate surface area is 85.7 Å². The maximum atomic E-state index is 11.6. The smallest absolute Gasteiger partial charge is 0.244 e. The van der Waals surface area contributed by atoms with Crippen LogP contribution in [-0.2, 0) is 9.59 Å². The fourth-order valence-corrected chi connectivity index (χ4v) is 1.25. The fraction of sp³-hybridized carbons (Fsp3) is 0.800. The second-order valence-electron chi connectivity index (χ2n) is 4.12. The van der Waals surface area contributed by atoms with Crippen LogP contribution in [0.5, 0.6) is 0 Å². The van der Waals surface area contributed by atoms with Gasteiger partial charge in [-0.15, -0.1) is 0 Å². The summed E-state index contributed by atoms with van der Waals surface area (Å²) in [6, 6.07) is -0.387. The predicted molar refractivity (Wildman–Crippen MR) is 55.8 cm³/mol. The molecule has 0 heterocycles. The highest BCUT2D eigenvalue weighted by Crippen LogP contribution is 2.06. The summed E-state index contributed by atoms with van der Waals surface area (Å²) in [4.78, 5) is 24.0. The lowest BCUT2D eigenvalue weighted by molar-refractivity contribution is -0.134. The Morgan fingerprint density at radius 1 is 1.29 bits per heavy atom. The second-order valence-corrected chi connectivity index (χ2v) is 4.12. The number of rotatable bonds is 4. The first-order valence-electron chi connectivity index (χ1n) is 4.82. The van der Waals surface area contributed by atoms with Crippen molar-refractivity contribution in [1.29, 1.82) is 0 Å². The van der Waals surface area contributed by atoms with Gasteiger partial charge in [-0.25, -0.2) is 0 Å². The van der Waals surface area contributed by atoms with Gasteiger partial charge in [-0.1, -0.05) is 13.8 Å². The van der Waals surface area contributed by atoms with E-state index in [0.717, 1.165) is 0 Å². The summed E-state index contributed by atoms with van der Waals surface area (Å²) in [5, 5.41) is 2.66. The zero-order chi connectivity index (χ0) is 11.3. The highest BCUT2D eigenvalue weighted by atomic mass is 16.2. The zero-order valence-electron chi connectivity index (χ0n) is 9.63. The molecule has 14 heavy (non-hydrogen) atoms. The lowest BCUT2D eigenvalue weighted by atomic mass is 10.0. The van der Waals surface area contributed by atoms with E-state index in [-0.39, 0.29) is 17.9 Å². The molecule has 4 nitrogen and oxygen atoms in total. The van der Waals surface area contributed by atoms with Gasteiger partial charge in [0.05, 0.1) is 0 Å². The Hall–Kier alpha value is -1.06. The van der Waals surface area contributed by atoms with Crippen LogP contribution in [0.25, 0.3) is 0 Å². The summed E-state index contributed by atoms with van der Waals surface area (Å²) in [5.41, 5.74) is 0. The van der Waals surface area contributed by atoms with Crippen LogP contribution >= 0.6 is 0 Å². The lowest BCUT2D eigenvalue weighted by Gasteiger charge is -2.22. The summed E-state index contributed by atoms with van der Waals surface area (Å²) in [6.07, 6.45) is 0.677. The van der Waals surface area contributed by atoms with Gasteiger partial charge in [0.15, 0.2) is 0 Å². The Morgan fingerprint density at radius 2 is 1.79 bits per heavy atom. The van der Waals surface area contributed by atoms with E-state index in [9.17, 15) is 9.59 Å². The van der Waals surface area contributed by atoms with Crippen molar-refractivity contribution in [1.82, 2.24) is 10.2 Å². The van der Waals surface area contributed by atoms with Gasteiger partial charge in [-0.05, 0) is 12.3 Å². The van der Waals surface area contributed by atoms with Crippen molar-refractivity contribution in [2.75, 3.05) is 14.1 Å². The number of likely N-dealkylation sites (N-methyl/N-ethyl adjacent to an activating group) is 1. The number of hydrogen-bond acceptors (Lipinski definition) is 2. The molecule has 0 spiro atoms. The molecule has 0 fully saturated rings. The van der Waals surface area contributed by atoms with Gasteiger partial charge in [0.1, 0.15) is 6.04 Å². The van der Waals surface area contributed by atoms with Crippen LogP contribution in [0.2, 0.25) is 0 Å². The van der Waals surface area contributed by atoms with Gasteiger partial charge in [0.25, 0.3) is 0 Å². The molecule has 0 aromatic heterocycles. The molecule has 1 N–H and O–H groups in total. The minimum atomic E-state index is -0.387. The monoisotopic (exact) mass is 200 g/mol. The highest BCUT2D eigenvalue weighted by Gasteiger charge is 2.21. The summed E-state index contributed by atoms with van der Waals surface area (Å²) >= 11 is 0. The van der Waals surface area contributed by atoms with Gasteiger partial charge in [-0.2, -0.15) is 0 Å². The van der Waals surface area contributed by atoms with E-state index < -0.39 is 0 Å². The quantitative estimate of drug-likeness (QED) is 0.723. The topological polar surface area (TPSA) is 49.4 Å². The number of amides is 2. The summed E-state index contributed by atoms with van der Waals surface area (Å²) in [5.74, 6) is 0.176. The van der Waals surface area contributed by atoms with E-state index in [0.29, 0.717) is 12.3 Å². The average Bonchev–Trinajstić information content (AvgIpc) is 1.99. The second kappa shape index (κ2) is 5.62. The highest BCUT2D eigenvalue weighted by molar-refractivity contribution is 5.86. The van der Waals surface area contributed by atoms with Crippen molar-refractivity contribution in [2.45, 2.75) is 33.2 Å². The van der Waals surface area contributed by atoms with Crippen LogP contribution in [0.15, 0.2) is 0 Å². The zero-order valence-corrected chi connectivity index (χ0v) is 9.63. The SMILES string of the molecule is CC(=O)NC(CC(C)C)C(=O)N(C)C. The summed E-state index contributed by atoms with van der Waals surface area (Å²) in [6.45, 7) is 5.48. The van der Waals surface area contributed by atoms with Crippen LogP contribution in [-0.4, -0.2) is 36.9 Å². The maximum Gasteiger partial charge on any atom is 0.244 e. The van der Waals surface area contributed by atoms with Crippen LogP contribution in [0.4, 0.5) is 0 Å². The van der Waals surface area contributed by atoms with Gasteiger partial charge in [0, 0.05) is 21.0 Å². The maximum absolute atomic E-state index is 11.6. The van der Waals surface area contributed by atoms with Gasteiger partial charge >= 0.3 is 0 Å². The molecular formula is C10H20N2O2. The van der Waals surface area contributed by atoms with Crippen LogP contribution in [0, 0.1) is 5.92 Å². The molecule has 1 unspecified atom stereocenters. The number of nitrogens with one attached hydrogen (secondary N) is 1. The first-order valence-corrected chi connectivity index (χ1v) is 4.82. The molecule has 2 amide bonds.